The highest BCUT2D eigenvalue weighted by Crippen LogP contribution is 2.35. The standard InChI is InChI=1S/C23H17ClF2IN5O6S2/c1-2-39(34,35)18-9-10-19(31-22(33)32(12-28)14-5-3-13(27)4-6-14)30-20(18)21-29-16-11-15(7-8-17(16)38-21)40(36,37)23(24,25)26/h3-12,28H,2H2,1H3,(H,30,31,33). The Morgan fingerprint density at radius 3 is 2.40 bits per heavy atom. The molecule has 0 aliphatic rings. The van der Waals surface area contributed by atoms with Crippen LogP contribution in [0.15, 0.2) is 68.8 Å². The lowest BCUT2D eigenvalue weighted by atomic mass is 10.3. The van der Waals surface area contributed by atoms with Gasteiger partial charge in [0.05, 0.1) is 27.6 Å². The number of hydrogen-bond donors (Lipinski definition) is 2. The van der Waals surface area contributed by atoms with Crippen molar-refractivity contribution in [2.45, 2.75) is 21.4 Å². The van der Waals surface area contributed by atoms with Crippen molar-refractivity contribution in [1.29, 1.82) is 5.41 Å². The first-order valence-electron chi connectivity index (χ1n) is 11.0. The topological polar surface area (TPSA) is 163 Å². The molecule has 0 saturated carbocycles. The Labute approximate surface area is 245 Å². The maximum absolute atomic E-state index is 13.4. The number of nitrogens with one attached hydrogen (secondary N) is 2. The Morgan fingerprint density at radius 2 is 1.80 bits per heavy atom. The normalized spacial score (nSPS) is 12.3. The summed E-state index contributed by atoms with van der Waals surface area (Å²) in [6.07, 6.45) is 0.783. The third-order valence-corrected chi connectivity index (χ3v) is 10.0. The lowest BCUT2D eigenvalue weighted by Crippen LogP contribution is -2.33. The van der Waals surface area contributed by atoms with E-state index in [1.54, 1.807) is 24.3 Å². The first-order valence-corrected chi connectivity index (χ1v) is 15.6. The number of urea groups is 1. The Kier molecular flexibility index (Phi) is 8.17. The number of amides is 2. The van der Waals surface area contributed by atoms with Gasteiger partial charge in [-0.25, -0.2) is 31.6 Å². The molecule has 2 aromatic heterocycles. The highest BCUT2D eigenvalue weighted by molar-refractivity contribution is 14.1. The second-order valence-electron chi connectivity index (χ2n) is 7.95. The molecule has 2 aromatic carbocycles. The Balaban J connectivity index is 1.78. The first kappa shape index (κ1) is 29.8. The summed E-state index contributed by atoms with van der Waals surface area (Å²) in [5.41, 5.74) is -0.192. The van der Waals surface area contributed by atoms with Gasteiger partial charge in [-0.2, -0.15) is 8.78 Å². The molecule has 11 nitrogen and oxygen atoms in total. The molecule has 0 radical (unpaired) electrons. The fraction of sp³-hybridized carbons (Fsp3) is 0.130. The number of fused-ring (bicyclic) bond motifs is 1. The summed E-state index contributed by atoms with van der Waals surface area (Å²) in [5, 5.41) is 10.1. The molecule has 0 fully saturated rings. The van der Waals surface area contributed by atoms with E-state index in [9.17, 15) is 30.4 Å². The molecule has 0 unspecified atom stereocenters. The van der Waals surface area contributed by atoms with Gasteiger partial charge in [-0.3, -0.25) is 15.6 Å². The molecular weight excluding hydrogens is 707 g/mol. The Hall–Kier alpha value is -3.22. The van der Waals surface area contributed by atoms with Crippen molar-refractivity contribution in [3.05, 3.63) is 58.2 Å². The van der Waals surface area contributed by atoms with Crippen LogP contribution >= 0.6 is 34.2 Å². The number of hydrogen-bond acceptors (Lipinski definition) is 9. The second kappa shape index (κ2) is 11.0. The summed E-state index contributed by atoms with van der Waals surface area (Å²) >= 11 is 6.83. The lowest BCUT2D eigenvalue weighted by molar-refractivity contribution is 0.187. The van der Waals surface area contributed by atoms with Crippen molar-refractivity contribution in [3.8, 4) is 11.6 Å². The summed E-state index contributed by atoms with van der Waals surface area (Å²) in [6.45, 7) is 1.40. The smallest absolute Gasteiger partial charge is 0.427 e. The Bertz CT molecular complexity index is 1850. The van der Waals surface area contributed by atoms with E-state index in [0.29, 0.717) is 5.69 Å². The summed E-state index contributed by atoms with van der Waals surface area (Å²) in [7, 11) is -9.16. The maximum atomic E-state index is 13.4. The van der Waals surface area contributed by atoms with Gasteiger partial charge >= 0.3 is 10.7 Å². The largest absolute Gasteiger partial charge is 0.435 e. The van der Waals surface area contributed by atoms with Gasteiger partial charge in [-0.15, -0.1) is 0 Å². The van der Waals surface area contributed by atoms with Crippen LogP contribution in [0.5, 0.6) is 0 Å². The predicted octanol–water partition coefficient (Wildman–Crippen LogP) is 5.50. The van der Waals surface area contributed by atoms with Crippen LogP contribution in [-0.4, -0.2) is 49.6 Å². The van der Waals surface area contributed by atoms with E-state index < -0.39 is 35.3 Å². The number of benzene rings is 2. The molecule has 0 saturated heterocycles. The average Bonchev–Trinajstić information content (AvgIpc) is 3.33. The quantitative estimate of drug-likeness (QED) is 0.104. The van der Waals surface area contributed by atoms with E-state index in [1.807, 2.05) is 0 Å². The van der Waals surface area contributed by atoms with Crippen LogP contribution < -0.4 is 10.2 Å². The minimum Gasteiger partial charge on any atom is -0.435 e. The van der Waals surface area contributed by atoms with Gasteiger partial charge in [0, 0.05) is 3.57 Å². The molecule has 4 aromatic rings. The predicted molar refractivity (Wildman–Crippen MR) is 152 cm³/mol. The van der Waals surface area contributed by atoms with Crippen LogP contribution in [0.2, 0.25) is 0 Å². The van der Waals surface area contributed by atoms with Gasteiger partial charge in [0.15, 0.2) is 15.4 Å². The number of pyridine rings is 1. The summed E-state index contributed by atoms with van der Waals surface area (Å²) in [5.74, 6) is -0.832. The molecule has 0 atom stereocenters. The van der Waals surface area contributed by atoms with Crippen molar-refractivity contribution in [3.63, 3.8) is 0 Å². The molecule has 0 bridgehead atoms. The maximum Gasteiger partial charge on any atom is 0.427 e. The molecule has 4 rings (SSSR count). The fourth-order valence-electron chi connectivity index (χ4n) is 3.41. The van der Waals surface area contributed by atoms with Crippen molar-refractivity contribution >= 4 is 88.8 Å². The number of rotatable bonds is 8. The third kappa shape index (κ3) is 5.79. The van der Waals surface area contributed by atoms with Gasteiger partial charge in [0.2, 0.25) is 5.89 Å². The Morgan fingerprint density at radius 1 is 1.12 bits per heavy atom. The average molecular weight is 724 g/mol. The van der Waals surface area contributed by atoms with E-state index in [-0.39, 0.29) is 39.2 Å². The van der Waals surface area contributed by atoms with Gasteiger partial charge in [0.25, 0.3) is 9.84 Å². The summed E-state index contributed by atoms with van der Waals surface area (Å²) in [6, 6.07) is 11.0. The number of oxazole rings is 1. The van der Waals surface area contributed by atoms with Crippen LogP contribution in [0.4, 0.5) is 25.1 Å². The molecule has 40 heavy (non-hydrogen) atoms. The zero-order valence-corrected chi connectivity index (χ0v) is 24.6. The number of carbonyl (C=O) groups is 1. The monoisotopic (exact) mass is 723 g/mol. The number of halogens is 4. The molecule has 0 aliphatic heterocycles. The minimum atomic E-state index is -5.25. The molecule has 17 heteroatoms. The van der Waals surface area contributed by atoms with Crippen LogP contribution in [0.3, 0.4) is 0 Å². The number of nitrogens with zero attached hydrogens (tertiary/aromatic N) is 3. The molecule has 210 valence electrons. The van der Waals surface area contributed by atoms with Crippen LogP contribution in [0.1, 0.15) is 6.92 Å². The number of alkyl halides is 3. The van der Waals surface area contributed by atoms with Crippen molar-refractivity contribution in [2.24, 2.45) is 0 Å². The van der Waals surface area contributed by atoms with Crippen molar-refractivity contribution < 1.29 is 34.8 Å². The number of aromatic nitrogens is 2. The second-order valence-corrected chi connectivity index (χ2v) is 14.1. The van der Waals surface area contributed by atoms with E-state index in [0.717, 1.165) is 33.0 Å². The van der Waals surface area contributed by atoms with Gasteiger partial charge < -0.3 is 4.42 Å². The zero-order valence-electron chi connectivity index (χ0n) is 20.1. The van der Waals surface area contributed by atoms with Crippen LogP contribution in [0, 0.1) is 8.98 Å². The third-order valence-electron chi connectivity index (χ3n) is 5.44. The van der Waals surface area contributed by atoms with Crippen molar-refractivity contribution in [2.75, 3.05) is 16.0 Å². The summed E-state index contributed by atoms with van der Waals surface area (Å²) in [4.78, 5) is 21.0. The number of anilines is 2. The molecule has 2 amide bonds. The van der Waals surface area contributed by atoms with E-state index >= 15 is 0 Å². The molecule has 0 aliphatic carbocycles. The number of carbonyl (C=O) groups excluding carboxylic acids is 1. The van der Waals surface area contributed by atoms with Crippen molar-refractivity contribution in [1.82, 2.24) is 9.97 Å². The zero-order chi connectivity index (χ0) is 29.5. The van der Waals surface area contributed by atoms with E-state index in [4.69, 9.17) is 21.4 Å². The van der Waals surface area contributed by atoms with Gasteiger partial charge in [-0.1, -0.05) is 6.92 Å². The highest BCUT2D eigenvalue weighted by atomic mass is 127. The SMILES string of the molecule is CCS(=O)(=O)c1ccc(NC(=O)N(C=N)c2ccc(I)cc2)nc1-c1nc2cc(S(=O)(=O)C(F)(F)Cl)ccc2o1. The number of sulfone groups is 2. The molecule has 2 N–H and O–H groups in total. The summed E-state index contributed by atoms with van der Waals surface area (Å²) < 4.78 is 78.5. The van der Waals surface area contributed by atoms with Gasteiger partial charge in [-0.05, 0) is 88.8 Å². The van der Waals surface area contributed by atoms with Crippen LogP contribution in [0.25, 0.3) is 22.7 Å². The first-order chi connectivity index (χ1) is 18.7. The van der Waals surface area contributed by atoms with E-state index in [1.165, 1.54) is 19.1 Å². The lowest BCUT2D eigenvalue weighted by Gasteiger charge is -2.18. The molecule has 2 heterocycles. The highest BCUT2D eigenvalue weighted by Gasteiger charge is 2.44. The molecular formula is C23H17ClF2IN5O6S2. The minimum absolute atomic E-state index is 0.0587. The van der Waals surface area contributed by atoms with E-state index in [2.05, 4.69) is 37.9 Å². The van der Waals surface area contributed by atoms with Gasteiger partial charge in [0.1, 0.15) is 17.0 Å². The fourth-order valence-corrected chi connectivity index (χ4v) is 5.83. The van der Waals surface area contributed by atoms with Crippen LogP contribution in [-0.2, 0) is 19.7 Å². The molecule has 0 spiro atoms.